The van der Waals surface area contributed by atoms with Crippen LogP contribution in [0.3, 0.4) is 0 Å². The number of nitrogens with zero attached hydrogens (tertiary/aromatic N) is 1. The third-order valence-corrected chi connectivity index (χ3v) is 3.16. The van der Waals surface area contributed by atoms with Gasteiger partial charge in [0.05, 0.1) is 18.8 Å². The van der Waals surface area contributed by atoms with Crippen LogP contribution < -0.4 is 9.47 Å². The topological polar surface area (TPSA) is 22.8 Å². The van der Waals surface area contributed by atoms with E-state index in [1.54, 1.807) is 0 Å². The first-order valence-corrected chi connectivity index (χ1v) is 7.15. The van der Waals surface area contributed by atoms with Crippen LogP contribution in [0.25, 0.3) is 4.85 Å². The highest BCUT2D eigenvalue weighted by atomic mass is 16.5. The Bertz CT molecular complexity index is 495. The molecule has 0 aliphatic heterocycles. The molecule has 1 unspecified atom stereocenters. The average molecular weight is 275 g/mol. The van der Waals surface area contributed by atoms with E-state index >= 15 is 0 Å². The predicted molar refractivity (Wildman–Crippen MR) is 82.5 cm³/mol. The SMILES string of the molecule is [C-]#[N+]C(C)c1cc(OCC)c(C(C)(C)C)cc1OCC. The van der Waals surface area contributed by atoms with Gasteiger partial charge in [-0.3, -0.25) is 0 Å². The van der Waals surface area contributed by atoms with Gasteiger partial charge in [0.1, 0.15) is 11.5 Å². The summed E-state index contributed by atoms with van der Waals surface area (Å²) in [6.45, 7) is 20.7. The van der Waals surface area contributed by atoms with E-state index in [9.17, 15) is 0 Å². The van der Waals surface area contributed by atoms with Crippen molar-refractivity contribution in [3.8, 4) is 11.5 Å². The van der Waals surface area contributed by atoms with E-state index in [-0.39, 0.29) is 11.5 Å². The molecular formula is C17H25NO2. The van der Waals surface area contributed by atoms with Crippen LogP contribution in [-0.4, -0.2) is 13.2 Å². The van der Waals surface area contributed by atoms with Crippen molar-refractivity contribution in [3.63, 3.8) is 0 Å². The van der Waals surface area contributed by atoms with Crippen molar-refractivity contribution in [1.82, 2.24) is 0 Å². The third kappa shape index (κ3) is 3.66. The maximum atomic E-state index is 7.25. The normalized spacial score (nSPS) is 12.7. The first-order valence-electron chi connectivity index (χ1n) is 7.15. The van der Waals surface area contributed by atoms with Gasteiger partial charge in [-0.25, -0.2) is 6.57 Å². The molecule has 3 nitrogen and oxygen atoms in total. The van der Waals surface area contributed by atoms with Gasteiger partial charge in [-0.1, -0.05) is 20.8 Å². The Morgan fingerprint density at radius 1 is 1.10 bits per heavy atom. The second-order valence-corrected chi connectivity index (χ2v) is 5.81. The minimum Gasteiger partial charge on any atom is -0.494 e. The lowest BCUT2D eigenvalue weighted by atomic mass is 9.85. The minimum atomic E-state index is -0.232. The molecule has 0 aliphatic carbocycles. The molecule has 20 heavy (non-hydrogen) atoms. The van der Waals surface area contributed by atoms with Gasteiger partial charge in [-0.15, -0.1) is 0 Å². The van der Waals surface area contributed by atoms with Crippen LogP contribution in [-0.2, 0) is 5.41 Å². The van der Waals surface area contributed by atoms with Crippen LogP contribution >= 0.6 is 0 Å². The summed E-state index contributed by atoms with van der Waals surface area (Å²) in [5.74, 6) is 1.65. The Labute approximate surface area is 122 Å². The second kappa shape index (κ2) is 6.65. The maximum absolute atomic E-state index is 7.25. The Kier molecular flexibility index (Phi) is 5.44. The average Bonchev–Trinajstić information content (AvgIpc) is 2.38. The fourth-order valence-corrected chi connectivity index (χ4v) is 2.11. The van der Waals surface area contributed by atoms with Gasteiger partial charge >= 0.3 is 0 Å². The zero-order valence-electron chi connectivity index (χ0n) is 13.4. The molecule has 1 aromatic rings. The van der Waals surface area contributed by atoms with E-state index in [2.05, 4.69) is 25.6 Å². The fraction of sp³-hybridized carbons (Fsp3) is 0.588. The lowest BCUT2D eigenvalue weighted by molar-refractivity contribution is 0.318. The molecule has 0 N–H and O–H groups in total. The van der Waals surface area contributed by atoms with Gasteiger partial charge in [0.2, 0.25) is 6.04 Å². The highest BCUT2D eigenvalue weighted by Gasteiger charge is 2.25. The van der Waals surface area contributed by atoms with Crippen molar-refractivity contribution in [1.29, 1.82) is 0 Å². The molecular weight excluding hydrogens is 250 g/mol. The lowest BCUT2D eigenvalue weighted by Gasteiger charge is -2.25. The summed E-state index contributed by atoms with van der Waals surface area (Å²) in [5, 5.41) is 0. The van der Waals surface area contributed by atoms with Crippen molar-refractivity contribution in [2.75, 3.05) is 13.2 Å². The van der Waals surface area contributed by atoms with E-state index in [0.29, 0.717) is 13.2 Å². The Hall–Kier alpha value is -1.69. The van der Waals surface area contributed by atoms with Crippen LogP contribution in [0.1, 0.15) is 58.7 Å². The van der Waals surface area contributed by atoms with Gasteiger partial charge < -0.3 is 14.3 Å². The molecule has 0 bridgehead atoms. The molecule has 0 fully saturated rings. The number of ether oxygens (including phenoxy) is 2. The molecule has 3 heteroatoms. The van der Waals surface area contributed by atoms with Crippen LogP contribution in [0.5, 0.6) is 11.5 Å². The highest BCUT2D eigenvalue weighted by Crippen LogP contribution is 2.39. The molecule has 0 heterocycles. The fourth-order valence-electron chi connectivity index (χ4n) is 2.11. The van der Waals surface area contributed by atoms with Crippen molar-refractivity contribution in [3.05, 3.63) is 34.7 Å². The minimum absolute atomic E-state index is 0.0315. The van der Waals surface area contributed by atoms with Crippen molar-refractivity contribution < 1.29 is 9.47 Å². The molecule has 0 saturated carbocycles. The molecule has 0 radical (unpaired) electrons. The number of hydrogen-bond donors (Lipinski definition) is 0. The van der Waals surface area contributed by atoms with Crippen LogP contribution in [0.15, 0.2) is 12.1 Å². The summed E-state index contributed by atoms with van der Waals surface area (Å²) < 4.78 is 11.5. The largest absolute Gasteiger partial charge is 0.494 e. The van der Waals surface area contributed by atoms with Gasteiger partial charge in [0.15, 0.2) is 0 Å². The maximum Gasteiger partial charge on any atom is 0.249 e. The van der Waals surface area contributed by atoms with E-state index in [0.717, 1.165) is 22.6 Å². The van der Waals surface area contributed by atoms with E-state index < -0.39 is 0 Å². The summed E-state index contributed by atoms with van der Waals surface area (Å²) in [6, 6.07) is 3.77. The first kappa shape index (κ1) is 16.4. The number of rotatable bonds is 5. The predicted octanol–water partition coefficient (Wildman–Crippen LogP) is 4.76. The molecule has 0 aromatic heterocycles. The molecule has 0 aliphatic rings. The lowest BCUT2D eigenvalue weighted by Crippen LogP contribution is -2.15. The summed E-state index contributed by atoms with van der Waals surface area (Å²) in [4.78, 5) is 3.61. The quantitative estimate of drug-likeness (QED) is 0.723. The van der Waals surface area contributed by atoms with E-state index in [1.165, 1.54) is 0 Å². The van der Waals surface area contributed by atoms with Crippen molar-refractivity contribution >= 4 is 0 Å². The van der Waals surface area contributed by atoms with E-state index in [1.807, 2.05) is 32.9 Å². The first-order chi connectivity index (χ1) is 9.35. The monoisotopic (exact) mass is 275 g/mol. The van der Waals surface area contributed by atoms with Gasteiger partial charge in [0, 0.05) is 12.5 Å². The Morgan fingerprint density at radius 2 is 1.65 bits per heavy atom. The summed E-state index contributed by atoms with van der Waals surface area (Å²) in [5.41, 5.74) is 1.98. The van der Waals surface area contributed by atoms with Crippen LogP contribution in [0, 0.1) is 6.57 Å². The number of benzene rings is 1. The molecule has 110 valence electrons. The van der Waals surface area contributed by atoms with Crippen LogP contribution in [0.2, 0.25) is 0 Å². The molecule has 1 aromatic carbocycles. The Balaban J connectivity index is 3.47. The smallest absolute Gasteiger partial charge is 0.249 e. The highest BCUT2D eigenvalue weighted by molar-refractivity contribution is 5.51. The van der Waals surface area contributed by atoms with E-state index in [4.69, 9.17) is 16.0 Å². The summed E-state index contributed by atoms with van der Waals surface area (Å²) in [6.07, 6.45) is 0. The Morgan fingerprint density at radius 3 is 2.10 bits per heavy atom. The zero-order valence-corrected chi connectivity index (χ0v) is 13.4. The molecule has 0 amide bonds. The standard InChI is InChI=1S/C17H25NO2/c1-8-19-15-11-14(17(4,5)6)16(20-9-2)10-13(15)12(3)18-7/h10-12H,8-9H2,1-6H3. The van der Waals surface area contributed by atoms with Gasteiger partial charge in [0.25, 0.3) is 0 Å². The summed E-state index contributed by atoms with van der Waals surface area (Å²) in [7, 11) is 0. The van der Waals surface area contributed by atoms with Crippen molar-refractivity contribution in [2.24, 2.45) is 0 Å². The van der Waals surface area contributed by atoms with Crippen LogP contribution in [0.4, 0.5) is 0 Å². The zero-order chi connectivity index (χ0) is 15.3. The third-order valence-electron chi connectivity index (χ3n) is 3.16. The molecule has 1 atom stereocenters. The molecule has 0 saturated heterocycles. The number of hydrogen-bond acceptors (Lipinski definition) is 2. The molecule has 1 rings (SSSR count). The second-order valence-electron chi connectivity index (χ2n) is 5.81. The van der Waals surface area contributed by atoms with Crippen molar-refractivity contribution in [2.45, 2.75) is 53.0 Å². The van der Waals surface area contributed by atoms with Gasteiger partial charge in [-0.05, 0) is 31.4 Å². The summed E-state index contributed by atoms with van der Waals surface area (Å²) >= 11 is 0. The van der Waals surface area contributed by atoms with Gasteiger partial charge in [-0.2, -0.15) is 0 Å². The molecule has 0 spiro atoms.